The molecule has 0 saturated carbocycles. The lowest BCUT2D eigenvalue weighted by Crippen LogP contribution is -2.25. The largest absolute Gasteiger partial charge is 0.481 e. The van der Waals surface area contributed by atoms with Crippen LogP contribution in [0.5, 0.6) is 0 Å². The molecule has 0 atom stereocenters. The van der Waals surface area contributed by atoms with Crippen LogP contribution >= 0.6 is 0 Å². The standard InChI is InChI=1S/C10H11F3N2O2/c1-15(6-4-8(16)17)9-7(10(11,12)13)3-2-5-14-9/h2-3,5H,4,6H2,1H3,(H,16,17). The molecular formula is C10H11F3N2O2. The second-order valence-electron chi connectivity index (χ2n) is 3.44. The van der Waals surface area contributed by atoms with Crippen LogP contribution in [-0.2, 0) is 11.0 Å². The number of pyridine rings is 1. The van der Waals surface area contributed by atoms with E-state index in [-0.39, 0.29) is 18.8 Å². The number of rotatable bonds is 4. The van der Waals surface area contributed by atoms with Crippen molar-refractivity contribution in [1.82, 2.24) is 4.98 Å². The topological polar surface area (TPSA) is 53.4 Å². The summed E-state index contributed by atoms with van der Waals surface area (Å²) in [6.07, 6.45) is -3.51. The van der Waals surface area contributed by atoms with E-state index in [9.17, 15) is 18.0 Å². The van der Waals surface area contributed by atoms with Gasteiger partial charge in [-0.1, -0.05) is 0 Å². The third-order valence-corrected chi connectivity index (χ3v) is 2.11. The maximum absolute atomic E-state index is 12.6. The van der Waals surface area contributed by atoms with Gasteiger partial charge >= 0.3 is 12.1 Å². The maximum Gasteiger partial charge on any atom is 0.419 e. The van der Waals surface area contributed by atoms with E-state index >= 15 is 0 Å². The van der Waals surface area contributed by atoms with Gasteiger partial charge in [-0.25, -0.2) is 4.98 Å². The number of carboxylic acid groups (broad SMARTS) is 1. The van der Waals surface area contributed by atoms with E-state index in [0.717, 1.165) is 6.07 Å². The summed E-state index contributed by atoms with van der Waals surface area (Å²) < 4.78 is 37.9. The van der Waals surface area contributed by atoms with Crippen molar-refractivity contribution in [3.63, 3.8) is 0 Å². The number of carbonyl (C=O) groups is 1. The van der Waals surface area contributed by atoms with E-state index in [2.05, 4.69) is 4.98 Å². The van der Waals surface area contributed by atoms with Crippen molar-refractivity contribution in [1.29, 1.82) is 0 Å². The molecule has 7 heteroatoms. The average Bonchev–Trinajstić information content (AvgIpc) is 2.24. The van der Waals surface area contributed by atoms with Crippen LogP contribution in [0.15, 0.2) is 18.3 Å². The van der Waals surface area contributed by atoms with Crippen LogP contribution in [0, 0.1) is 0 Å². The van der Waals surface area contributed by atoms with Crippen LogP contribution < -0.4 is 4.90 Å². The number of halogens is 3. The summed E-state index contributed by atoms with van der Waals surface area (Å²) in [7, 11) is 1.38. The summed E-state index contributed by atoms with van der Waals surface area (Å²) in [5.41, 5.74) is -0.868. The Morgan fingerprint density at radius 3 is 2.71 bits per heavy atom. The van der Waals surface area contributed by atoms with Crippen LogP contribution in [0.2, 0.25) is 0 Å². The van der Waals surface area contributed by atoms with Gasteiger partial charge in [-0.15, -0.1) is 0 Å². The molecule has 1 aromatic heterocycles. The Morgan fingerprint density at radius 2 is 2.18 bits per heavy atom. The zero-order chi connectivity index (χ0) is 13.1. The molecule has 0 aliphatic rings. The van der Waals surface area contributed by atoms with Crippen molar-refractivity contribution in [2.24, 2.45) is 0 Å². The highest BCUT2D eigenvalue weighted by atomic mass is 19.4. The third kappa shape index (κ3) is 3.61. The lowest BCUT2D eigenvalue weighted by atomic mass is 10.2. The fourth-order valence-electron chi connectivity index (χ4n) is 1.29. The number of anilines is 1. The van der Waals surface area contributed by atoms with Gasteiger partial charge in [-0.2, -0.15) is 13.2 Å². The highest BCUT2D eigenvalue weighted by molar-refractivity contribution is 5.67. The SMILES string of the molecule is CN(CCC(=O)O)c1ncccc1C(F)(F)F. The number of alkyl halides is 3. The first kappa shape index (κ1) is 13.3. The minimum atomic E-state index is -4.50. The first-order valence-electron chi connectivity index (χ1n) is 4.77. The second-order valence-corrected chi connectivity index (χ2v) is 3.44. The Bertz CT molecular complexity index is 407. The predicted octanol–water partition coefficient (Wildman–Crippen LogP) is 2.01. The highest BCUT2D eigenvalue weighted by Crippen LogP contribution is 2.34. The summed E-state index contributed by atoms with van der Waals surface area (Å²) in [5.74, 6) is -1.33. The molecule has 0 bridgehead atoms. The molecule has 1 heterocycles. The zero-order valence-corrected chi connectivity index (χ0v) is 9.03. The molecule has 0 radical (unpaired) electrons. The average molecular weight is 248 g/mol. The highest BCUT2D eigenvalue weighted by Gasteiger charge is 2.35. The molecule has 0 aromatic carbocycles. The van der Waals surface area contributed by atoms with Crippen molar-refractivity contribution in [2.45, 2.75) is 12.6 Å². The van der Waals surface area contributed by atoms with Gasteiger partial charge < -0.3 is 10.0 Å². The van der Waals surface area contributed by atoms with Crippen molar-refractivity contribution in [2.75, 3.05) is 18.5 Å². The fraction of sp³-hybridized carbons (Fsp3) is 0.400. The molecule has 0 saturated heterocycles. The van der Waals surface area contributed by atoms with E-state index < -0.39 is 17.7 Å². The molecule has 94 valence electrons. The summed E-state index contributed by atoms with van der Waals surface area (Å²) in [6.45, 7) is -0.0323. The van der Waals surface area contributed by atoms with E-state index in [1.54, 1.807) is 0 Å². The molecule has 0 aliphatic carbocycles. The normalized spacial score (nSPS) is 11.3. The van der Waals surface area contributed by atoms with Gasteiger partial charge in [0.1, 0.15) is 5.82 Å². The van der Waals surface area contributed by atoms with Crippen LogP contribution in [0.4, 0.5) is 19.0 Å². The Balaban J connectivity index is 2.93. The molecule has 0 aliphatic heterocycles. The van der Waals surface area contributed by atoms with E-state index in [1.165, 1.54) is 24.2 Å². The smallest absolute Gasteiger partial charge is 0.419 e. The molecule has 1 aromatic rings. The number of nitrogens with zero attached hydrogens (tertiary/aromatic N) is 2. The van der Waals surface area contributed by atoms with Crippen molar-refractivity contribution in [3.8, 4) is 0 Å². The molecule has 0 fully saturated rings. The van der Waals surface area contributed by atoms with Crippen LogP contribution in [0.3, 0.4) is 0 Å². The summed E-state index contributed by atoms with van der Waals surface area (Å²) in [6, 6.07) is 2.11. The van der Waals surface area contributed by atoms with Gasteiger partial charge in [0.05, 0.1) is 12.0 Å². The van der Waals surface area contributed by atoms with Gasteiger partial charge in [0.15, 0.2) is 0 Å². The Morgan fingerprint density at radius 1 is 1.53 bits per heavy atom. The fourth-order valence-corrected chi connectivity index (χ4v) is 1.29. The van der Waals surface area contributed by atoms with E-state index in [1.807, 2.05) is 0 Å². The third-order valence-electron chi connectivity index (χ3n) is 2.11. The number of hydrogen-bond acceptors (Lipinski definition) is 3. The first-order chi connectivity index (χ1) is 7.82. The number of carboxylic acids is 1. The molecule has 0 unspecified atom stereocenters. The van der Waals surface area contributed by atoms with Gasteiger partial charge in [-0.05, 0) is 12.1 Å². The number of hydrogen-bond donors (Lipinski definition) is 1. The van der Waals surface area contributed by atoms with Gasteiger partial charge in [-0.3, -0.25) is 4.79 Å². The monoisotopic (exact) mass is 248 g/mol. The quantitative estimate of drug-likeness (QED) is 0.885. The summed E-state index contributed by atoms with van der Waals surface area (Å²) in [4.78, 5) is 15.2. The predicted molar refractivity (Wildman–Crippen MR) is 54.8 cm³/mol. The van der Waals surface area contributed by atoms with Crippen LogP contribution in [0.25, 0.3) is 0 Å². The molecule has 0 amide bonds. The molecule has 1 rings (SSSR count). The molecular weight excluding hydrogens is 237 g/mol. The van der Waals surface area contributed by atoms with Gasteiger partial charge in [0.2, 0.25) is 0 Å². The minimum Gasteiger partial charge on any atom is -0.481 e. The molecule has 4 nitrogen and oxygen atoms in total. The lowest BCUT2D eigenvalue weighted by molar-refractivity contribution is -0.137. The Hall–Kier alpha value is -1.79. The first-order valence-corrected chi connectivity index (χ1v) is 4.77. The Kier molecular flexibility index (Phi) is 3.93. The zero-order valence-electron chi connectivity index (χ0n) is 9.03. The van der Waals surface area contributed by atoms with Gasteiger partial charge in [0.25, 0.3) is 0 Å². The number of aromatic nitrogens is 1. The second kappa shape index (κ2) is 5.03. The summed E-state index contributed by atoms with van der Waals surface area (Å²) >= 11 is 0. The molecule has 17 heavy (non-hydrogen) atoms. The van der Waals surface area contributed by atoms with E-state index in [4.69, 9.17) is 5.11 Å². The molecule has 0 spiro atoms. The Labute approximate surface area is 95.7 Å². The van der Waals surface area contributed by atoms with Crippen molar-refractivity contribution >= 4 is 11.8 Å². The van der Waals surface area contributed by atoms with E-state index in [0.29, 0.717) is 0 Å². The van der Waals surface area contributed by atoms with Crippen LogP contribution in [-0.4, -0.2) is 29.7 Å². The van der Waals surface area contributed by atoms with Crippen LogP contribution in [0.1, 0.15) is 12.0 Å². The van der Waals surface area contributed by atoms with Crippen molar-refractivity contribution < 1.29 is 23.1 Å². The maximum atomic E-state index is 12.6. The lowest BCUT2D eigenvalue weighted by Gasteiger charge is -2.21. The number of aliphatic carboxylic acids is 1. The van der Waals surface area contributed by atoms with Gasteiger partial charge in [0, 0.05) is 19.8 Å². The molecule has 1 N–H and O–H groups in total. The minimum absolute atomic E-state index is 0.0323. The van der Waals surface area contributed by atoms with Crippen molar-refractivity contribution in [3.05, 3.63) is 23.9 Å². The summed E-state index contributed by atoms with van der Waals surface area (Å²) in [5, 5.41) is 8.47.